The first-order chi connectivity index (χ1) is 12.8. The number of esters is 1. The van der Waals surface area contributed by atoms with Gasteiger partial charge in [0, 0.05) is 36.7 Å². The summed E-state index contributed by atoms with van der Waals surface area (Å²) in [6.45, 7) is 5.09. The van der Waals surface area contributed by atoms with E-state index in [0.29, 0.717) is 29.6 Å². The van der Waals surface area contributed by atoms with E-state index in [-0.39, 0.29) is 23.5 Å². The molecule has 2 aromatic heterocycles. The van der Waals surface area contributed by atoms with Gasteiger partial charge in [-0.15, -0.1) is 0 Å². The standard InChI is InChI=1S/C18H23N3O5S/c1-11-7-14(12(2)21(11)5-6-25-3)15(22)10-27-18-19-13(8-16(23)20-18)9-17(24)26-4/h7-8H,5-6,9-10H2,1-4H3,(H,19,20,23). The van der Waals surface area contributed by atoms with Crippen molar-refractivity contribution in [3.05, 3.63) is 45.1 Å². The van der Waals surface area contributed by atoms with Crippen LogP contribution in [0.15, 0.2) is 22.1 Å². The van der Waals surface area contributed by atoms with Crippen molar-refractivity contribution in [1.29, 1.82) is 0 Å². The predicted molar refractivity (Wildman–Crippen MR) is 101 cm³/mol. The summed E-state index contributed by atoms with van der Waals surface area (Å²) >= 11 is 1.13. The molecule has 0 aliphatic carbocycles. The average molecular weight is 393 g/mol. The number of ketones is 1. The lowest BCUT2D eigenvalue weighted by atomic mass is 10.2. The zero-order valence-electron chi connectivity index (χ0n) is 15.8. The molecule has 0 aromatic carbocycles. The molecule has 0 amide bonds. The minimum atomic E-state index is -0.483. The van der Waals surface area contributed by atoms with E-state index in [1.54, 1.807) is 7.11 Å². The van der Waals surface area contributed by atoms with Crippen LogP contribution in [0.4, 0.5) is 0 Å². The lowest BCUT2D eigenvalue weighted by Crippen LogP contribution is -2.14. The quantitative estimate of drug-likeness (QED) is 0.298. The van der Waals surface area contributed by atoms with Gasteiger partial charge in [-0.25, -0.2) is 4.98 Å². The molecule has 0 fully saturated rings. The largest absolute Gasteiger partial charge is 0.469 e. The van der Waals surface area contributed by atoms with Crippen molar-refractivity contribution in [2.45, 2.75) is 32.0 Å². The average Bonchev–Trinajstić information content (AvgIpc) is 2.91. The van der Waals surface area contributed by atoms with E-state index >= 15 is 0 Å². The van der Waals surface area contributed by atoms with Crippen LogP contribution in [0.5, 0.6) is 0 Å². The molecule has 0 atom stereocenters. The number of carbonyl (C=O) groups excluding carboxylic acids is 2. The molecule has 2 rings (SSSR count). The number of nitrogens with zero attached hydrogens (tertiary/aromatic N) is 2. The zero-order chi connectivity index (χ0) is 20.0. The van der Waals surface area contributed by atoms with Crippen LogP contribution in [0.1, 0.15) is 27.4 Å². The van der Waals surface area contributed by atoms with Crippen LogP contribution in [-0.4, -0.2) is 52.9 Å². The monoisotopic (exact) mass is 393 g/mol. The predicted octanol–water partition coefficient (Wildman–Crippen LogP) is 1.53. The van der Waals surface area contributed by atoms with Crippen LogP contribution in [-0.2, 0) is 27.2 Å². The SMILES string of the molecule is COCCn1c(C)cc(C(=O)CSc2nc(CC(=O)OC)cc(=O)[nH]2)c1C. The molecule has 0 radical (unpaired) electrons. The first-order valence-electron chi connectivity index (χ1n) is 8.34. The molecule has 0 saturated heterocycles. The van der Waals surface area contributed by atoms with Crippen LogP contribution < -0.4 is 5.56 Å². The summed E-state index contributed by atoms with van der Waals surface area (Å²) in [5.41, 5.74) is 2.44. The van der Waals surface area contributed by atoms with E-state index in [1.807, 2.05) is 24.5 Å². The molecule has 0 aliphatic rings. The lowest BCUT2D eigenvalue weighted by molar-refractivity contribution is -0.139. The summed E-state index contributed by atoms with van der Waals surface area (Å²) in [5, 5.41) is 0.294. The lowest BCUT2D eigenvalue weighted by Gasteiger charge is -2.08. The number of aromatic nitrogens is 3. The molecule has 2 heterocycles. The van der Waals surface area contributed by atoms with E-state index < -0.39 is 5.97 Å². The smallest absolute Gasteiger partial charge is 0.311 e. The van der Waals surface area contributed by atoms with Gasteiger partial charge in [0.15, 0.2) is 10.9 Å². The van der Waals surface area contributed by atoms with Gasteiger partial charge in [-0.1, -0.05) is 11.8 Å². The molecular formula is C18H23N3O5S. The molecule has 0 aliphatic heterocycles. The molecule has 146 valence electrons. The van der Waals surface area contributed by atoms with Crippen molar-refractivity contribution in [2.24, 2.45) is 0 Å². The van der Waals surface area contributed by atoms with Crippen molar-refractivity contribution in [2.75, 3.05) is 26.6 Å². The third-order valence-corrected chi connectivity index (χ3v) is 4.93. The maximum atomic E-state index is 12.6. The highest BCUT2D eigenvalue weighted by Crippen LogP contribution is 2.20. The fourth-order valence-corrected chi connectivity index (χ4v) is 3.46. The number of methoxy groups -OCH3 is 2. The summed E-state index contributed by atoms with van der Waals surface area (Å²) in [4.78, 5) is 42.5. The summed E-state index contributed by atoms with van der Waals surface area (Å²) in [5.74, 6) is -0.416. The molecule has 0 saturated carbocycles. The third kappa shape index (κ3) is 5.54. The van der Waals surface area contributed by atoms with Gasteiger partial charge >= 0.3 is 5.97 Å². The van der Waals surface area contributed by atoms with Crippen molar-refractivity contribution in [1.82, 2.24) is 14.5 Å². The fraction of sp³-hybridized carbons (Fsp3) is 0.444. The molecular weight excluding hydrogens is 370 g/mol. The number of hydrogen-bond acceptors (Lipinski definition) is 7. The Hall–Kier alpha value is -2.39. The van der Waals surface area contributed by atoms with Gasteiger partial charge in [-0.3, -0.25) is 14.4 Å². The first kappa shape index (κ1) is 20.9. The Kier molecular flexibility index (Phi) is 7.37. The van der Waals surface area contributed by atoms with Crippen molar-refractivity contribution in [3.63, 3.8) is 0 Å². The van der Waals surface area contributed by atoms with Crippen LogP contribution in [0, 0.1) is 13.8 Å². The van der Waals surface area contributed by atoms with Gasteiger partial charge in [0.1, 0.15) is 0 Å². The van der Waals surface area contributed by atoms with Gasteiger partial charge in [-0.2, -0.15) is 0 Å². The van der Waals surface area contributed by atoms with E-state index in [4.69, 9.17) is 4.74 Å². The van der Waals surface area contributed by atoms with Crippen molar-refractivity contribution >= 4 is 23.5 Å². The third-order valence-electron chi connectivity index (χ3n) is 4.06. The second kappa shape index (κ2) is 9.52. The Labute approximate surface area is 161 Å². The summed E-state index contributed by atoms with van der Waals surface area (Å²) in [7, 11) is 2.91. The van der Waals surface area contributed by atoms with Crippen molar-refractivity contribution in [3.8, 4) is 0 Å². The summed E-state index contributed by atoms with van der Waals surface area (Å²) < 4.78 is 11.7. The maximum Gasteiger partial charge on any atom is 0.311 e. The number of aryl methyl sites for hydroxylation is 1. The van der Waals surface area contributed by atoms with Crippen LogP contribution in [0.25, 0.3) is 0 Å². The second-order valence-electron chi connectivity index (χ2n) is 5.94. The molecule has 0 bridgehead atoms. The molecule has 0 unspecified atom stereocenters. The molecule has 27 heavy (non-hydrogen) atoms. The van der Waals surface area contributed by atoms with Gasteiger partial charge in [0.05, 0.1) is 31.6 Å². The minimum Gasteiger partial charge on any atom is -0.469 e. The number of aromatic amines is 1. The molecule has 2 aromatic rings. The van der Waals surface area contributed by atoms with Gasteiger partial charge in [-0.05, 0) is 19.9 Å². The Morgan fingerprint density at radius 1 is 1.26 bits per heavy atom. The summed E-state index contributed by atoms with van der Waals surface area (Å²) in [6, 6.07) is 3.10. The Morgan fingerprint density at radius 3 is 2.67 bits per heavy atom. The second-order valence-corrected chi connectivity index (χ2v) is 6.90. The van der Waals surface area contributed by atoms with E-state index in [0.717, 1.165) is 23.1 Å². The van der Waals surface area contributed by atoms with Crippen LogP contribution >= 0.6 is 11.8 Å². The topological polar surface area (TPSA) is 103 Å². The fourth-order valence-electron chi connectivity index (χ4n) is 2.68. The van der Waals surface area contributed by atoms with Crippen molar-refractivity contribution < 1.29 is 19.1 Å². The first-order valence-corrected chi connectivity index (χ1v) is 9.33. The van der Waals surface area contributed by atoms with Gasteiger partial charge in [0.25, 0.3) is 5.56 Å². The normalized spacial score (nSPS) is 10.8. The number of H-pyrrole nitrogens is 1. The number of thioether (sulfide) groups is 1. The number of nitrogens with one attached hydrogen (secondary N) is 1. The Bertz CT molecular complexity index is 888. The van der Waals surface area contributed by atoms with Crippen LogP contribution in [0.3, 0.4) is 0 Å². The number of carbonyl (C=O) groups is 2. The highest BCUT2D eigenvalue weighted by molar-refractivity contribution is 7.99. The molecule has 0 spiro atoms. The number of rotatable bonds is 9. The van der Waals surface area contributed by atoms with E-state index in [1.165, 1.54) is 13.2 Å². The molecule has 9 heteroatoms. The minimum absolute atomic E-state index is 0.0576. The Morgan fingerprint density at radius 2 is 2.00 bits per heavy atom. The van der Waals surface area contributed by atoms with Gasteiger partial charge in [0.2, 0.25) is 0 Å². The number of Topliss-reactive ketones (excluding diaryl/α,β-unsaturated/α-hetero) is 1. The zero-order valence-corrected chi connectivity index (χ0v) is 16.6. The summed E-state index contributed by atoms with van der Waals surface area (Å²) in [6.07, 6.45) is -0.0947. The molecule has 8 nitrogen and oxygen atoms in total. The highest BCUT2D eigenvalue weighted by Gasteiger charge is 2.17. The Balaban J connectivity index is 2.10. The number of ether oxygens (including phenoxy) is 2. The number of hydrogen-bond donors (Lipinski definition) is 1. The van der Waals surface area contributed by atoms with Gasteiger partial charge < -0.3 is 19.0 Å². The highest BCUT2D eigenvalue weighted by atomic mass is 32.2. The molecule has 1 N–H and O–H groups in total. The van der Waals surface area contributed by atoms with E-state index in [9.17, 15) is 14.4 Å². The van der Waals surface area contributed by atoms with E-state index in [2.05, 4.69) is 14.7 Å². The maximum absolute atomic E-state index is 12.6. The van der Waals surface area contributed by atoms with Crippen LogP contribution in [0.2, 0.25) is 0 Å².